The quantitative estimate of drug-likeness (QED) is 0.733. The highest BCUT2D eigenvalue weighted by atomic mass is 32.2. The van der Waals surface area contributed by atoms with Crippen LogP contribution in [0.2, 0.25) is 0 Å². The first kappa shape index (κ1) is 16.8. The molecule has 0 saturated carbocycles. The molecule has 3 N–H and O–H groups in total. The molecule has 0 amide bonds. The number of carboxylic acid groups (broad SMARTS) is 1. The highest BCUT2D eigenvalue weighted by molar-refractivity contribution is 7.98. The van der Waals surface area contributed by atoms with Crippen LogP contribution in [0.25, 0.3) is 0 Å². The van der Waals surface area contributed by atoms with Crippen molar-refractivity contribution >= 4 is 27.8 Å². The van der Waals surface area contributed by atoms with Gasteiger partial charge in [0.05, 0.1) is 4.90 Å². The number of hydrogen-bond donors (Lipinski definition) is 3. The SMILES string of the molecule is CSCC(C)NS(=O)(=O)c1cc(C(=O)O)c(O)cc1C. The Balaban J connectivity index is 3.24. The van der Waals surface area contributed by atoms with Crippen molar-refractivity contribution in [2.75, 3.05) is 12.0 Å². The van der Waals surface area contributed by atoms with E-state index in [-0.39, 0.29) is 16.5 Å². The second-order valence-corrected chi connectivity index (χ2v) is 7.01. The number of benzene rings is 1. The molecule has 0 radical (unpaired) electrons. The molecule has 1 rings (SSSR count). The smallest absolute Gasteiger partial charge is 0.339 e. The maximum Gasteiger partial charge on any atom is 0.339 e. The van der Waals surface area contributed by atoms with E-state index in [1.807, 2.05) is 6.26 Å². The Labute approximate surface area is 122 Å². The fourth-order valence-corrected chi connectivity index (χ4v) is 3.93. The molecule has 0 aliphatic rings. The molecule has 112 valence electrons. The standard InChI is InChI=1S/C12H17NO5S2/c1-7-4-10(14)9(12(15)16)5-11(7)20(17,18)13-8(2)6-19-3/h4-5,8,13-14H,6H2,1-3H3,(H,15,16). The van der Waals surface area contributed by atoms with Crippen LogP contribution in [0.5, 0.6) is 5.75 Å². The molecule has 0 spiro atoms. The van der Waals surface area contributed by atoms with Crippen molar-refractivity contribution in [1.29, 1.82) is 0 Å². The van der Waals surface area contributed by atoms with Crippen LogP contribution in [0, 0.1) is 6.92 Å². The van der Waals surface area contributed by atoms with Gasteiger partial charge in [-0.25, -0.2) is 17.9 Å². The molecule has 1 atom stereocenters. The molecule has 0 aliphatic carbocycles. The minimum Gasteiger partial charge on any atom is -0.507 e. The number of aromatic carboxylic acids is 1. The van der Waals surface area contributed by atoms with Crippen LogP contribution in [0.3, 0.4) is 0 Å². The second-order valence-electron chi connectivity index (χ2n) is 4.42. The highest BCUT2D eigenvalue weighted by Gasteiger charge is 2.23. The molecule has 8 heteroatoms. The monoisotopic (exact) mass is 319 g/mol. The van der Waals surface area contributed by atoms with Gasteiger partial charge in [0.25, 0.3) is 0 Å². The molecule has 0 bridgehead atoms. The predicted molar refractivity (Wildman–Crippen MR) is 78.0 cm³/mol. The van der Waals surface area contributed by atoms with Crippen LogP contribution in [0.4, 0.5) is 0 Å². The minimum atomic E-state index is -3.82. The maximum absolute atomic E-state index is 12.2. The van der Waals surface area contributed by atoms with Crippen molar-refractivity contribution in [2.24, 2.45) is 0 Å². The summed E-state index contributed by atoms with van der Waals surface area (Å²) in [5.74, 6) is -1.23. The zero-order chi connectivity index (χ0) is 15.5. The van der Waals surface area contributed by atoms with Gasteiger partial charge in [0.1, 0.15) is 11.3 Å². The van der Waals surface area contributed by atoms with Gasteiger partial charge in [0, 0.05) is 11.8 Å². The number of nitrogens with one attached hydrogen (secondary N) is 1. The Morgan fingerprint density at radius 3 is 2.55 bits per heavy atom. The third-order valence-electron chi connectivity index (χ3n) is 2.59. The molecule has 0 saturated heterocycles. The number of carbonyl (C=O) groups is 1. The topological polar surface area (TPSA) is 104 Å². The third-order valence-corrected chi connectivity index (χ3v) is 5.15. The summed E-state index contributed by atoms with van der Waals surface area (Å²) in [6.45, 7) is 3.22. The summed E-state index contributed by atoms with van der Waals surface area (Å²) >= 11 is 1.50. The Hall–Kier alpha value is -1.25. The molecule has 1 unspecified atom stereocenters. The number of phenols is 1. The summed E-state index contributed by atoms with van der Waals surface area (Å²) in [5.41, 5.74) is -0.148. The van der Waals surface area contributed by atoms with Gasteiger partial charge in [0.15, 0.2) is 0 Å². The molecule has 20 heavy (non-hydrogen) atoms. The lowest BCUT2D eigenvalue weighted by molar-refractivity contribution is 0.0693. The number of aryl methyl sites for hydroxylation is 1. The van der Waals surface area contributed by atoms with Crippen molar-refractivity contribution in [3.8, 4) is 5.75 Å². The van der Waals surface area contributed by atoms with Crippen molar-refractivity contribution in [3.05, 3.63) is 23.3 Å². The average molecular weight is 319 g/mol. The van der Waals surface area contributed by atoms with Crippen molar-refractivity contribution in [3.63, 3.8) is 0 Å². The van der Waals surface area contributed by atoms with Gasteiger partial charge in [0.2, 0.25) is 10.0 Å². The second kappa shape index (κ2) is 6.47. The fraction of sp³-hybridized carbons (Fsp3) is 0.417. The predicted octanol–water partition coefficient (Wildman–Crippen LogP) is 1.43. The van der Waals surface area contributed by atoms with E-state index in [9.17, 15) is 18.3 Å². The van der Waals surface area contributed by atoms with Crippen LogP contribution in [-0.2, 0) is 10.0 Å². The van der Waals surface area contributed by atoms with Crippen LogP contribution in [0.1, 0.15) is 22.8 Å². The molecule has 1 aromatic carbocycles. The molecule has 0 aromatic heterocycles. The van der Waals surface area contributed by atoms with Gasteiger partial charge in [-0.1, -0.05) is 0 Å². The summed E-state index contributed by atoms with van der Waals surface area (Å²) in [6.07, 6.45) is 1.86. The zero-order valence-electron chi connectivity index (χ0n) is 11.4. The third kappa shape index (κ3) is 3.87. The summed E-state index contributed by atoms with van der Waals surface area (Å²) in [4.78, 5) is 10.8. The molecule has 0 heterocycles. The van der Waals surface area contributed by atoms with Gasteiger partial charge in [-0.3, -0.25) is 0 Å². The van der Waals surface area contributed by atoms with Gasteiger partial charge in [-0.2, -0.15) is 11.8 Å². The Morgan fingerprint density at radius 1 is 1.45 bits per heavy atom. The molecule has 1 aromatic rings. The van der Waals surface area contributed by atoms with Crippen LogP contribution in [0.15, 0.2) is 17.0 Å². The highest BCUT2D eigenvalue weighted by Crippen LogP contribution is 2.25. The van der Waals surface area contributed by atoms with Crippen LogP contribution >= 0.6 is 11.8 Å². The number of thioether (sulfide) groups is 1. The lowest BCUT2D eigenvalue weighted by Gasteiger charge is -2.15. The van der Waals surface area contributed by atoms with Gasteiger partial charge in [-0.15, -0.1) is 0 Å². The molecule has 6 nitrogen and oxygen atoms in total. The van der Waals surface area contributed by atoms with E-state index < -0.39 is 27.3 Å². The summed E-state index contributed by atoms with van der Waals surface area (Å²) in [5, 5.41) is 18.5. The maximum atomic E-state index is 12.2. The van der Waals surface area contributed by atoms with E-state index in [2.05, 4.69) is 4.72 Å². The first-order chi connectivity index (χ1) is 9.19. The first-order valence-electron chi connectivity index (χ1n) is 5.77. The Bertz CT molecular complexity index is 613. The lowest BCUT2D eigenvalue weighted by atomic mass is 10.1. The molecule has 0 aliphatic heterocycles. The van der Waals surface area contributed by atoms with E-state index in [1.165, 1.54) is 18.7 Å². The van der Waals surface area contributed by atoms with Crippen molar-refractivity contribution in [2.45, 2.75) is 24.8 Å². The van der Waals surface area contributed by atoms with E-state index >= 15 is 0 Å². The van der Waals surface area contributed by atoms with Crippen LogP contribution in [-0.4, -0.2) is 42.7 Å². The Morgan fingerprint density at radius 2 is 2.05 bits per heavy atom. The number of rotatable bonds is 6. The lowest BCUT2D eigenvalue weighted by Crippen LogP contribution is -2.34. The molecular weight excluding hydrogens is 302 g/mol. The van der Waals surface area contributed by atoms with Crippen LogP contribution < -0.4 is 4.72 Å². The minimum absolute atomic E-state index is 0.138. The summed E-state index contributed by atoms with van der Waals surface area (Å²) in [6, 6.07) is 1.83. The van der Waals surface area contributed by atoms with E-state index in [1.54, 1.807) is 6.92 Å². The van der Waals surface area contributed by atoms with Gasteiger partial charge in [-0.05, 0) is 37.8 Å². The summed E-state index contributed by atoms with van der Waals surface area (Å²) in [7, 11) is -3.82. The van der Waals surface area contributed by atoms with Gasteiger partial charge >= 0.3 is 5.97 Å². The average Bonchev–Trinajstić information content (AvgIpc) is 2.27. The zero-order valence-corrected chi connectivity index (χ0v) is 13.0. The van der Waals surface area contributed by atoms with E-state index in [0.29, 0.717) is 5.75 Å². The van der Waals surface area contributed by atoms with E-state index in [4.69, 9.17) is 5.11 Å². The van der Waals surface area contributed by atoms with Gasteiger partial charge < -0.3 is 10.2 Å². The van der Waals surface area contributed by atoms with E-state index in [0.717, 1.165) is 12.1 Å². The molecule has 0 fully saturated rings. The number of carboxylic acids is 1. The Kier molecular flexibility index (Phi) is 5.43. The summed E-state index contributed by atoms with van der Waals surface area (Å²) < 4.78 is 26.9. The number of hydrogen-bond acceptors (Lipinski definition) is 5. The number of sulfonamides is 1. The van der Waals surface area contributed by atoms with Crippen molar-refractivity contribution < 1.29 is 23.4 Å². The number of aromatic hydroxyl groups is 1. The fourth-order valence-electron chi connectivity index (χ4n) is 1.75. The molecular formula is C12H17NO5S2. The normalized spacial score (nSPS) is 13.2. The first-order valence-corrected chi connectivity index (χ1v) is 8.65. The van der Waals surface area contributed by atoms with Crippen molar-refractivity contribution in [1.82, 2.24) is 4.72 Å². The largest absolute Gasteiger partial charge is 0.507 e.